The molecule has 0 amide bonds. The molecule has 0 saturated carbocycles. The maximum atomic E-state index is 5.36. The molecule has 0 bridgehead atoms. The van der Waals surface area contributed by atoms with Gasteiger partial charge in [-0.15, -0.1) is 11.3 Å². The second kappa shape index (κ2) is 5.24. The molecule has 0 spiro atoms. The molecule has 1 rings (SSSR count). The Labute approximate surface area is 76.6 Å². The monoisotopic (exact) mass is 186 g/mol. The van der Waals surface area contributed by atoms with Crippen molar-refractivity contribution in [3.05, 3.63) is 16.1 Å². The van der Waals surface area contributed by atoms with E-state index in [1.807, 2.05) is 13.1 Å². The summed E-state index contributed by atoms with van der Waals surface area (Å²) in [6.45, 7) is 4.11. The number of aryl methyl sites for hydroxylation is 1. The molecule has 0 aliphatic carbocycles. The van der Waals surface area contributed by atoms with Crippen molar-refractivity contribution < 1.29 is 4.74 Å². The zero-order valence-electron chi connectivity index (χ0n) is 7.25. The smallest absolute Gasteiger partial charge is 0.0897 e. The van der Waals surface area contributed by atoms with Crippen molar-refractivity contribution in [2.75, 3.05) is 13.2 Å². The van der Waals surface area contributed by atoms with Crippen LogP contribution in [-0.4, -0.2) is 18.1 Å². The molecule has 68 valence electrons. The van der Waals surface area contributed by atoms with Crippen LogP contribution in [0.15, 0.2) is 6.20 Å². The van der Waals surface area contributed by atoms with Crippen molar-refractivity contribution in [3.63, 3.8) is 0 Å². The highest BCUT2D eigenvalue weighted by Gasteiger charge is 1.96. The van der Waals surface area contributed by atoms with Crippen LogP contribution in [0.1, 0.15) is 16.3 Å². The number of ether oxygens (including phenoxy) is 1. The third-order valence-corrected chi connectivity index (χ3v) is 2.29. The fraction of sp³-hybridized carbons (Fsp3) is 0.625. The number of nitrogens with two attached hydrogens (primary N) is 1. The van der Waals surface area contributed by atoms with Crippen molar-refractivity contribution in [2.24, 2.45) is 5.73 Å². The Morgan fingerprint density at radius 3 is 3.08 bits per heavy atom. The van der Waals surface area contributed by atoms with Gasteiger partial charge in [-0.2, -0.15) is 0 Å². The maximum absolute atomic E-state index is 5.36. The van der Waals surface area contributed by atoms with E-state index >= 15 is 0 Å². The highest BCUT2D eigenvalue weighted by Crippen LogP contribution is 2.12. The van der Waals surface area contributed by atoms with Crippen molar-refractivity contribution in [1.29, 1.82) is 0 Å². The molecule has 0 unspecified atom stereocenters. The molecule has 0 saturated heterocycles. The third-order valence-electron chi connectivity index (χ3n) is 1.41. The molecule has 12 heavy (non-hydrogen) atoms. The predicted molar refractivity (Wildman–Crippen MR) is 50.2 cm³/mol. The molecule has 0 fully saturated rings. The minimum Gasteiger partial charge on any atom is -0.376 e. The van der Waals surface area contributed by atoms with Gasteiger partial charge in [0.15, 0.2) is 0 Å². The fourth-order valence-corrected chi connectivity index (χ4v) is 1.56. The first-order valence-corrected chi connectivity index (χ1v) is 4.83. The molecule has 1 aromatic heterocycles. The van der Waals surface area contributed by atoms with Crippen LogP contribution in [0.25, 0.3) is 0 Å². The van der Waals surface area contributed by atoms with Crippen LogP contribution < -0.4 is 5.73 Å². The average Bonchev–Trinajstić information content (AvgIpc) is 2.45. The second-order valence-electron chi connectivity index (χ2n) is 2.54. The number of nitrogens with zero attached hydrogens (tertiary/aromatic N) is 1. The van der Waals surface area contributed by atoms with Gasteiger partial charge in [0, 0.05) is 12.8 Å². The van der Waals surface area contributed by atoms with Gasteiger partial charge in [-0.1, -0.05) is 0 Å². The lowest BCUT2D eigenvalue weighted by atomic mass is 10.5. The summed E-state index contributed by atoms with van der Waals surface area (Å²) in [5.74, 6) is 0. The van der Waals surface area contributed by atoms with E-state index in [1.165, 1.54) is 4.88 Å². The van der Waals surface area contributed by atoms with Gasteiger partial charge in [0.05, 0.1) is 16.5 Å². The highest BCUT2D eigenvalue weighted by molar-refractivity contribution is 7.11. The lowest BCUT2D eigenvalue weighted by molar-refractivity contribution is 0.122. The summed E-state index contributed by atoms with van der Waals surface area (Å²) in [7, 11) is 0. The van der Waals surface area contributed by atoms with Crippen molar-refractivity contribution >= 4 is 11.3 Å². The van der Waals surface area contributed by atoms with Crippen LogP contribution >= 0.6 is 11.3 Å². The average molecular weight is 186 g/mol. The molecule has 1 aromatic rings. The van der Waals surface area contributed by atoms with E-state index in [0.717, 1.165) is 18.0 Å². The standard InChI is InChI=1S/C8H14N2OS/c1-7-10-5-8(12-7)6-11-4-2-3-9/h5H,2-4,6,9H2,1H3. The molecule has 0 radical (unpaired) electrons. The van der Waals surface area contributed by atoms with Gasteiger partial charge in [0.25, 0.3) is 0 Å². The van der Waals surface area contributed by atoms with Crippen LogP contribution in [0.2, 0.25) is 0 Å². The van der Waals surface area contributed by atoms with Crippen molar-refractivity contribution in [3.8, 4) is 0 Å². The Hall–Kier alpha value is -0.450. The summed E-state index contributed by atoms with van der Waals surface area (Å²) in [6.07, 6.45) is 2.79. The minimum absolute atomic E-state index is 0.672. The zero-order chi connectivity index (χ0) is 8.81. The largest absolute Gasteiger partial charge is 0.376 e. The van der Waals surface area contributed by atoms with Crippen LogP contribution in [-0.2, 0) is 11.3 Å². The van der Waals surface area contributed by atoms with Crippen LogP contribution in [0.5, 0.6) is 0 Å². The van der Waals surface area contributed by atoms with E-state index in [-0.39, 0.29) is 0 Å². The van der Waals surface area contributed by atoms with E-state index in [4.69, 9.17) is 10.5 Å². The molecule has 3 nitrogen and oxygen atoms in total. The first kappa shape index (κ1) is 9.64. The first-order valence-electron chi connectivity index (χ1n) is 4.02. The number of aromatic nitrogens is 1. The summed E-state index contributed by atoms with van der Waals surface area (Å²) in [6, 6.07) is 0. The predicted octanol–water partition coefficient (Wildman–Crippen LogP) is 1.32. The van der Waals surface area contributed by atoms with Crippen molar-refractivity contribution in [1.82, 2.24) is 4.98 Å². The van der Waals surface area contributed by atoms with E-state index in [1.54, 1.807) is 11.3 Å². The van der Waals surface area contributed by atoms with Gasteiger partial charge in [-0.05, 0) is 19.9 Å². The molecular formula is C8H14N2OS. The van der Waals surface area contributed by atoms with Gasteiger partial charge in [0.2, 0.25) is 0 Å². The molecule has 0 atom stereocenters. The van der Waals surface area contributed by atoms with E-state index in [9.17, 15) is 0 Å². The normalized spacial score (nSPS) is 10.5. The van der Waals surface area contributed by atoms with Gasteiger partial charge < -0.3 is 10.5 Å². The summed E-state index contributed by atoms with van der Waals surface area (Å²) in [4.78, 5) is 5.31. The van der Waals surface area contributed by atoms with Crippen LogP contribution in [0, 0.1) is 6.92 Å². The topological polar surface area (TPSA) is 48.1 Å². The van der Waals surface area contributed by atoms with Crippen LogP contribution in [0.4, 0.5) is 0 Å². The summed E-state index contributed by atoms with van der Waals surface area (Å²) in [5, 5.41) is 1.09. The Morgan fingerprint density at radius 2 is 2.50 bits per heavy atom. The Balaban J connectivity index is 2.15. The number of thiazole rings is 1. The quantitative estimate of drug-likeness (QED) is 0.705. The summed E-state index contributed by atoms with van der Waals surface area (Å²) in [5.41, 5.74) is 5.32. The van der Waals surface area contributed by atoms with Gasteiger partial charge in [-0.3, -0.25) is 0 Å². The second-order valence-corrected chi connectivity index (χ2v) is 3.86. The minimum atomic E-state index is 0.672. The number of hydrogen-bond acceptors (Lipinski definition) is 4. The third kappa shape index (κ3) is 3.30. The fourth-order valence-electron chi connectivity index (χ4n) is 0.830. The molecule has 1 heterocycles. The van der Waals surface area contributed by atoms with Crippen LogP contribution in [0.3, 0.4) is 0 Å². The maximum Gasteiger partial charge on any atom is 0.0897 e. The van der Waals surface area contributed by atoms with E-state index in [2.05, 4.69) is 4.98 Å². The zero-order valence-corrected chi connectivity index (χ0v) is 8.06. The molecule has 0 aliphatic rings. The SMILES string of the molecule is Cc1ncc(COCCCN)s1. The van der Waals surface area contributed by atoms with Gasteiger partial charge in [-0.25, -0.2) is 4.98 Å². The Kier molecular flexibility index (Phi) is 4.21. The molecule has 2 N–H and O–H groups in total. The number of hydrogen-bond donors (Lipinski definition) is 1. The van der Waals surface area contributed by atoms with E-state index < -0.39 is 0 Å². The summed E-state index contributed by atoms with van der Waals surface area (Å²) < 4.78 is 5.36. The lowest BCUT2D eigenvalue weighted by Crippen LogP contribution is -2.03. The van der Waals surface area contributed by atoms with Crippen molar-refractivity contribution in [2.45, 2.75) is 20.0 Å². The molecule has 0 aliphatic heterocycles. The first-order chi connectivity index (χ1) is 5.83. The Bertz CT molecular complexity index is 225. The lowest BCUT2D eigenvalue weighted by Gasteiger charge is -1.98. The Morgan fingerprint density at radius 1 is 1.67 bits per heavy atom. The molecule has 0 aromatic carbocycles. The van der Waals surface area contributed by atoms with Gasteiger partial charge in [0.1, 0.15) is 0 Å². The highest BCUT2D eigenvalue weighted by atomic mass is 32.1. The van der Waals surface area contributed by atoms with E-state index in [0.29, 0.717) is 13.2 Å². The summed E-state index contributed by atoms with van der Waals surface area (Å²) >= 11 is 1.68. The molecular weight excluding hydrogens is 172 g/mol. The van der Waals surface area contributed by atoms with Gasteiger partial charge >= 0.3 is 0 Å². The number of rotatable bonds is 5. The molecule has 4 heteroatoms.